The van der Waals surface area contributed by atoms with Crippen LogP contribution in [-0.2, 0) is 12.8 Å². The van der Waals surface area contributed by atoms with Gasteiger partial charge in [-0.05, 0) is 40.8 Å². The van der Waals surface area contributed by atoms with Gasteiger partial charge in [-0.3, -0.25) is 4.79 Å². The Morgan fingerprint density at radius 3 is 2.57 bits per heavy atom. The second kappa shape index (κ2) is 6.56. The maximum absolute atomic E-state index is 12.1. The maximum Gasteiger partial charge on any atom is 0.265 e. The van der Waals surface area contributed by atoms with Crippen LogP contribution in [0.1, 0.15) is 48.7 Å². The van der Waals surface area contributed by atoms with Gasteiger partial charge in [-0.1, -0.05) is 43.2 Å². The average Bonchev–Trinajstić information content (AvgIpc) is 3.03. The molecule has 0 saturated heterocycles. The van der Waals surface area contributed by atoms with Crippen molar-refractivity contribution in [3.8, 4) is 0 Å². The first-order valence-corrected chi connectivity index (χ1v) is 8.36. The van der Waals surface area contributed by atoms with E-state index in [2.05, 4.69) is 33.0 Å². The van der Waals surface area contributed by atoms with Crippen LogP contribution in [0.4, 0.5) is 0 Å². The first-order chi connectivity index (χ1) is 10.2. The smallest absolute Gasteiger partial charge is 0.265 e. The maximum atomic E-state index is 12.1. The van der Waals surface area contributed by atoms with Gasteiger partial charge in [-0.2, -0.15) is 0 Å². The lowest BCUT2D eigenvalue weighted by atomic mass is 10.0. The molecule has 0 amide bonds. The van der Waals surface area contributed by atoms with Crippen molar-refractivity contribution < 1.29 is 0 Å². The number of benzene rings is 1. The number of rotatable bonds is 4. The minimum absolute atomic E-state index is 0.0463. The standard InChI is InChI=1S/C17H19BrN2O/c18-15-16(13-8-4-5-9-13)19-14(20-17(15)21)11-10-12-6-2-1-3-7-12/h1-3,6-7,13H,4-5,8-11H2,(H,19,20,21). The molecule has 0 aliphatic heterocycles. The highest BCUT2D eigenvalue weighted by Crippen LogP contribution is 2.35. The molecule has 4 heteroatoms. The van der Waals surface area contributed by atoms with E-state index in [1.54, 1.807) is 0 Å². The summed E-state index contributed by atoms with van der Waals surface area (Å²) in [5.74, 6) is 1.24. The lowest BCUT2D eigenvalue weighted by Gasteiger charge is -2.12. The van der Waals surface area contributed by atoms with E-state index in [0.717, 1.165) is 37.2 Å². The number of hydrogen-bond donors (Lipinski definition) is 1. The molecule has 3 rings (SSSR count). The Labute approximate surface area is 133 Å². The minimum Gasteiger partial charge on any atom is -0.310 e. The third-order valence-electron chi connectivity index (χ3n) is 4.17. The largest absolute Gasteiger partial charge is 0.310 e. The SMILES string of the molecule is O=c1[nH]c(CCc2ccccc2)nc(C2CCCC2)c1Br. The van der Waals surface area contributed by atoms with Gasteiger partial charge in [0.1, 0.15) is 10.3 Å². The third-order valence-corrected chi connectivity index (χ3v) is 4.94. The van der Waals surface area contributed by atoms with E-state index in [0.29, 0.717) is 10.4 Å². The molecule has 1 heterocycles. The normalized spacial score (nSPS) is 15.5. The van der Waals surface area contributed by atoms with Gasteiger partial charge in [0, 0.05) is 12.3 Å². The number of aromatic amines is 1. The molecule has 1 N–H and O–H groups in total. The number of aryl methyl sites for hydroxylation is 2. The third kappa shape index (κ3) is 3.43. The van der Waals surface area contributed by atoms with E-state index in [1.807, 2.05) is 18.2 Å². The Kier molecular flexibility index (Phi) is 4.54. The van der Waals surface area contributed by atoms with Crippen LogP contribution in [0.15, 0.2) is 39.6 Å². The predicted molar refractivity (Wildman–Crippen MR) is 87.6 cm³/mol. The van der Waals surface area contributed by atoms with Crippen molar-refractivity contribution in [2.75, 3.05) is 0 Å². The summed E-state index contributed by atoms with van der Waals surface area (Å²) in [7, 11) is 0. The molecule has 0 bridgehead atoms. The van der Waals surface area contributed by atoms with Crippen LogP contribution >= 0.6 is 15.9 Å². The summed E-state index contributed by atoms with van der Waals surface area (Å²) in [5.41, 5.74) is 2.18. The van der Waals surface area contributed by atoms with Crippen LogP contribution in [0.5, 0.6) is 0 Å². The van der Waals surface area contributed by atoms with Crippen LogP contribution in [-0.4, -0.2) is 9.97 Å². The second-order valence-corrected chi connectivity index (χ2v) is 6.47. The van der Waals surface area contributed by atoms with Gasteiger partial charge in [-0.15, -0.1) is 0 Å². The van der Waals surface area contributed by atoms with Gasteiger partial charge in [0.25, 0.3) is 5.56 Å². The Bertz CT molecular complexity index is 660. The molecule has 0 unspecified atom stereocenters. The minimum atomic E-state index is -0.0463. The zero-order valence-electron chi connectivity index (χ0n) is 11.9. The van der Waals surface area contributed by atoms with E-state index in [1.165, 1.54) is 18.4 Å². The van der Waals surface area contributed by atoms with Crippen LogP contribution in [0.25, 0.3) is 0 Å². The first kappa shape index (κ1) is 14.5. The molecule has 1 aromatic heterocycles. The van der Waals surface area contributed by atoms with Gasteiger partial charge in [0.2, 0.25) is 0 Å². The fourth-order valence-electron chi connectivity index (χ4n) is 3.02. The monoisotopic (exact) mass is 346 g/mol. The summed E-state index contributed by atoms with van der Waals surface area (Å²) >= 11 is 3.41. The van der Waals surface area contributed by atoms with Crippen LogP contribution in [0.3, 0.4) is 0 Å². The van der Waals surface area contributed by atoms with Crippen LogP contribution in [0, 0.1) is 0 Å². The molecule has 0 atom stereocenters. The van der Waals surface area contributed by atoms with Gasteiger partial charge in [-0.25, -0.2) is 4.98 Å². The summed E-state index contributed by atoms with van der Waals surface area (Å²) in [5, 5.41) is 0. The summed E-state index contributed by atoms with van der Waals surface area (Å²) < 4.78 is 0.623. The van der Waals surface area contributed by atoms with Crippen molar-refractivity contribution >= 4 is 15.9 Å². The molecule has 1 aliphatic rings. The average molecular weight is 347 g/mol. The number of hydrogen-bond acceptors (Lipinski definition) is 2. The number of halogens is 1. The molecule has 110 valence electrons. The molecule has 21 heavy (non-hydrogen) atoms. The second-order valence-electron chi connectivity index (χ2n) is 5.68. The molecule has 2 aromatic rings. The Balaban J connectivity index is 1.80. The van der Waals surface area contributed by atoms with E-state index >= 15 is 0 Å². The summed E-state index contributed by atoms with van der Waals surface area (Å²) in [6.07, 6.45) is 6.44. The highest BCUT2D eigenvalue weighted by Gasteiger charge is 2.22. The van der Waals surface area contributed by atoms with Crippen molar-refractivity contribution in [2.45, 2.75) is 44.4 Å². The highest BCUT2D eigenvalue weighted by molar-refractivity contribution is 9.10. The van der Waals surface area contributed by atoms with Gasteiger partial charge >= 0.3 is 0 Å². The van der Waals surface area contributed by atoms with E-state index in [9.17, 15) is 4.79 Å². The summed E-state index contributed by atoms with van der Waals surface area (Å²) in [4.78, 5) is 19.7. The zero-order chi connectivity index (χ0) is 14.7. The van der Waals surface area contributed by atoms with Crippen molar-refractivity contribution in [3.63, 3.8) is 0 Å². The predicted octanol–water partition coefficient (Wildman–Crippen LogP) is 3.98. The molecular formula is C17H19BrN2O. The molecule has 1 aromatic carbocycles. The molecule has 3 nitrogen and oxygen atoms in total. The Morgan fingerprint density at radius 2 is 1.86 bits per heavy atom. The fourth-order valence-corrected chi connectivity index (χ4v) is 3.53. The van der Waals surface area contributed by atoms with E-state index < -0.39 is 0 Å². The van der Waals surface area contributed by atoms with Crippen molar-refractivity contribution in [2.24, 2.45) is 0 Å². The van der Waals surface area contributed by atoms with E-state index in [-0.39, 0.29) is 5.56 Å². The highest BCUT2D eigenvalue weighted by atomic mass is 79.9. The van der Waals surface area contributed by atoms with Crippen molar-refractivity contribution in [3.05, 3.63) is 62.2 Å². The lowest BCUT2D eigenvalue weighted by molar-refractivity contribution is 0.672. The molecule has 1 saturated carbocycles. The Morgan fingerprint density at radius 1 is 1.14 bits per heavy atom. The molecule has 1 aliphatic carbocycles. The fraction of sp³-hybridized carbons (Fsp3) is 0.412. The molecule has 0 spiro atoms. The first-order valence-electron chi connectivity index (χ1n) is 7.56. The summed E-state index contributed by atoms with van der Waals surface area (Å²) in [6, 6.07) is 10.3. The van der Waals surface area contributed by atoms with Crippen molar-refractivity contribution in [1.82, 2.24) is 9.97 Å². The molecule has 0 radical (unpaired) electrons. The zero-order valence-corrected chi connectivity index (χ0v) is 13.5. The van der Waals surface area contributed by atoms with E-state index in [4.69, 9.17) is 4.98 Å². The van der Waals surface area contributed by atoms with Crippen molar-refractivity contribution in [1.29, 1.82) is 0 Å². The quantitative estimate of drug-likeness (QED) is 0.909. The van der Waals surface area contributed by atoms with Gasteiger partial charge in [0.05, 0.1) is 5.69 Å². The summed E-state index contributed by atoms with van der Waals surface area (Å²) in [6.45, 7) is 0. The number of aromatic nitrogens is 2. The van der Waals surface area contributed by atoms with Crippen LogP contribution < -0.4 is 5.56 Å². The van der Waals surface area contributed by atoms with Gasteiger partial charge in [0.15, 0.2) is 0 Å². The molecular weight excluding hydrogens is 328 g/mol. The number of nitrogens with zero attached hydrogens (tertiary/aromatic N) is 1. The topological polar surface area (TPSA) is 45.8 Å². The van der Waals surface area contributed by atoms with Gasteiger partial charge < -0.3 is 4.98 Å². The lowest BCUT2D eigenvalue weighted by Crippen LogP contribution is -2.17. The number of nitrogens with one attached hydrogen (secondary N) is 1. The molecule has 1 fully saturated rings. The Hall–Kier alpha value is -1.42. The number of H-pyrrole nitrogens is 1. The van der Waals surface area contributed by atoms with Crippen LogP contribution in [0.2, 0.25) is 0 Å².